The number of halogens is 3. The van der Waals surface area contributed by atoms with E-state index >= 15 is 0 Å². The molecule has 0 spiro atoms. The summed E-state index contributed by atoms with van der Waals surface area (Å²) >= 11 is 0. The molecule has 1 atom stereocenters. The van der Waals surface area contributed by atoms with Gasteiger partial charge in [-0.15, -0.1) is 0 Å². The molecule has 11 heteroatoms. The highest BCUT2D eigenvalue weighted by atomic mass is 19.4. The van der Waals surface area contributed by atoms with Crippen LogP contribution in [0.2, 0.25) is 0 Å². The summed E-state index contributed by atoms with van der Waals surface area (Å²) in [5.74, 6) is -1.33. The van der Waals surface area contributed by atoms with E-state index in [-0.39, 0.29) is 34.7 Å². The third-order valence-electron chi connectivity index (χ3n) is 6.97. The molecule has 2 aliphatic heterocycles. The van der Waals surface area contributed by atoms with Gasteiger partial charge in [-0.3, -0.25) is 14.5 Å². The molecule has 8 nitrogen and oxygen atoms in total. The standard InChI is InChI=1S/C26H31F3N4O4/c1-16-19(7-5-6-10-31-11-12-32(24(36)37)21(15-31)25(2,3)4)23(35)33(22(16)34)18-9-8-17(14-30)20(13-18)26(27,28)29/h8-9,13,21H,5-7,10-12,15H2,1-4H3,(H,36,37)/p-1. The number of alkyl halides is 3. The van der Waals surface area contributed by atoms with Crippen molar-refractivity contribution in [3.63, 3.8) is 0 Å². The Morgan fingerprint density at radius 1 is 1.14 bits per heavy atom. The van der Waals surface area contributed by atoms with Gasteiger partial charge in [-0.1, -0.05) is 20.8 Å². The summed E-state index contributed by atoms with van der Waals surface area (Å²) < 4.78 is 40.1. The van der Waals surface area contributed by atoms with Crippen molar-refractivity contribution >= 4 is 23.6 Å². The molecule has 1 aromatic rings. The highest BCUT2D eigenvalue weighted by molar-refractivity contribution is 6.32. The highest BCUT2D eigenvalue weighted by Crippen LogP contribution is 2.37. The van der Waals surface area contributed by atoms with Gasteiger partial charge in [0.25, 0.3) is 11.8 Å². The Morgan fingerprint density at radius 2 is 1.81 bits per heavy atom. The number of anilines is 1. The minimum Gasteiger partial charge on any atom is -0.530 e. The number of carbonyl (C=O) groups is 3. The van der Waals surface area contributed by atoms with E-state index in [2.05, 4.69) is 4.90 Å². The van der Waals surface area contributed by atoms with E-state index in [9.17, 15) is 32.7 Å². The van der Waals surface area contributed by atoms with E-state index in [4.69, 9.17) is 5.26 Å². The molecule has 3 rings (SSSR count). The van der Waals surface area contributed by atoms with Gasteiger partial charge in [0.05, 0.1) is 22.9 Å². The minimum absolute atomic E-state index is 0.193. The lowest BCUT2D eigenvalue weighted by molar-refractivity contribution is -0.272. The maximum absolute atomic E-state index is 13.4. The summed E-state index contributed by atoms with van der Waals surface area (Å²) in [5.41, 5.74) is -1.83. The molecule has 1 aromatic carbocycles. The van der Waals surface area contributed by atoms with Crippen molar-refractivity contribution in [1.29, 1.82) is 5.26 Å². The van der Waals surface area contributed by atoms with Gasteiger partial charge in [-0.25, -0.2) is 4.90 Å². The van der Waals surface area contributed by atoms with Crippen molar-refractivity contribution in [2.45, 2.75) is 59.2 Å². The van der Waals surface area contributed by atoms with E-state index < -0.39 is 35.2 Å². The lowest BCUT2D eigenvalue weighted by atomic mass is 9.84. The van der Waals surface area contributed by atoms with Crippen LogP contribution in [-0.2, 0) is 15.8 Å². The average molecular weight is 520 g/mol. The largest absolute Gasteiger partial charge is 0.530 e. The van der Waals surface area contributed by atoms with Crippen LogP contribution in [0.25, 0.3) is 0 Å². The molecule has 3 amide bonds. The molecular formula is C26H30F3N4O4-. The Morgan fingerprint density at radius 3 is 2.38 bits per heavy atom. The van der Waals surface area contributed by atoms with Crippen molar-refractivity contribution in [3.8, 4) is 6.07 Å². The Labute approximate surface area is 213 Å². The Hall–Kier alpha value is -3.39. The highest BCUT2D eigenvalue weighted by Gasteiger charge is 2.40. The molecule has 0 aliphatic carbocycles. The molecule has 200 valence electrons. The number of imide groups is 1. The summed E-state index contributed by atoms with van der Waals surface area (Å²) in [7, 11) is 0. The Kier molecular flexibility index (Phi) is 8.03. The van der Waals surface area contributed by atoms with E-state index in [0.29, 0.717) is 45.1 Å². The predicted molar refractivity (Wildman–Crippen MR) is 127 cm³/mol. The van der Waals surface area contributed by atoms with Crippen LogP contribution in [0.3, 0.4) is 0 Å². The molecule has 0 aromatic heterocycles. The van der Waals surface area contributed by atoms with Gasteiger partial charge in [-0.2, -0.15) is 18.4 Å². The lowest BCUT2D eigenvalue weighted by Crippen LogP contribution is -2.62. The Balaban J connectivity index is 1.63. The zero-order chi connectivity index (χ0) is 27.7. The molecule has 1 unspecified atom stereocenters. The summed E-state index contributed by atoms with van der Waals surface area (Å²) in [6, 6.07) is 4.04. The van der Waals surface area contributed by atoms with Gasteiger partial charge in [-0.05, 0) is 56.3 Å². The van der Waals surface area contributed by atoms with Crippen LogP contribution in [0.1, 0.15) is 58.1 Å². The number of carbonyl (C=O) groups excluding carboxylic acids is 3. The number of amides is 3. The number of rotatable bonds is 6. The van der Waals surface area contributed by atoms with E-state index in [0.717, 1.165) is 17.0 Å². The number of nitriles is 1. The van der Waals surface area contributed by atoms with Gasteiger partial charge < -0.3 is 14.8 Å². The monoisotopic (exact) mass is 519 g/mol. The van der Waals surface area contributed by atoms with Gasteiger partial charge >= 0.3 is 6.18 Å². The molecule has 37 heavy (non-hydrogen) atoms. The molecule has 2 heterocycles. The van der Waals surface area contributed by atoms with Crippen LogP contribution < -0.4 is 10.0 Å². The SMILES string of the molecule is CC1=C(CCCCN2CCN(C(=O)[O-])C(C(C)(C)C)C2)C(=O)N(c2ccc(C#N)c(C(F)(F)F)c2)C1=O. The fourth-order valence-corrected chi connectivity index (χ4v) is 4.86. The first-order chi connectivity index (χ1) is 17.2. The molecule has 0 saturated carbocycles. The summed E-state index contributed by atoms with van der Waals surface area (Å²) in [4.78, 5) is 41.6. The summed E-state index contributed by atoms with van der Waals surface area (Å²) in [6.45, 7) is 9.57. The quantitative estimate of drug-likeness (QED) is 0.422. The fourth-order valence-electron chi connectivity index (χ4n) is 4.86. The normalized spacial score (nSPS) is 19.6. The molecule has 2 aliphatic rings. The number of benzene rings is 1. The lowest BCUT2D eigenvalue weighted by Gasteiger charge is -2.48. The fraction of sp³-hybridized carbons (Fsp3) is 0.538. The summed E-state index contributed by atoms with van der Waals surface area (Å²) in [6.07, 6.45) is -4.44. The molecule has 1 fully saturated rings. The van der Waals surface area contributed by atoms with Crippen molar-refractivity contribution in [2.75, 3.05) is 31.1 Å². The number of hydrogen-bond acceptors (Lipinski definition) is 6. The van der Waals surface area contributed by atoms with E-state index in [1.807, 2.05) is 20.8 Å². The number of carboxylic acid groups (broad SMARTS) is 1. The predicted octanol–water partition coefficient (Wildman–Crippen LogP) is 3.31. The van der Waals surface area contributed by atoms with Crippen LogP contribution in [0, 0.1) is 16.7 Å². The first kappa shape index (κ1) is 28.2. The van der Waals surface area contributed by atoms with Crippen LogP contribution in [-0.4, -0.2) is 59.9 Å². The molecular weight excluding hydrogens is 489 g/mol. The number of hydrogen-bond donors (Lipinski definition) is 0. The van der Waals surface area contributed by atoms with Gasteiger partial charge in [0.2, 0.25) is 0 Å². The van der Waals surface area contributed by atoms with Crippen molar-refractivity contribution in [3.05, 3.63) is 40.5 Å². The van der Waals surface area contributed by atoms with Crippen molar-refractivity contribution < 1.29 is 32.7 Å². The third kappa shape index (κ3) is 5.96. The average Bonchev–Trinajstić information content (AvgIpc) is 3.02. The molecule has 0 radical (unpaired) electrons. The van der Waals surface area contributed by atoms with Crippen LogP contribution >= 0.6 is 0 Å². The molecule has 1 saturated heterocycles. The second kappa shape index (κ2) is 10.5. The molecule has 0 N–H and O–H groups in total. The maximum atomic E-state index is 13.4. The van der Waals surface area contributed by atoms with Crippen LogP contribution in [0.4, 0.5) is 23.7 Å². The van der Waals surface area contributed by atoms with Crippen LogP contribution in [0.15, 0.2) is 29.3 Å². The number of piperazine rings is 1. The van der Waals surface area contributed by atoms with Crippen molar-refractivity contribution in [2.24, 2.45) is 5.41 Å². The second-order valence-electron chi connectivity index (χ2n) is 10.5. The summed E-state index contributed by atoms with van der Waals surface area (Å²) in [5, 5.41) is 20.5. The maximum Gasteiger partial charge on any atom is 0.417 e. The number of nitrogens with zero attached hydrogens (tertiary/aromatic N) is 4. The van der Waals surface area contributed by atoms with Gasteiger partial charge in [0.15, 0.2) is 0 Å². The Bertz CT molecular complexity index is 1160. The van der Waals surface area contributed by atoms with Crippen molar-refractivity contribution in [1.82, 2.24) is 9.80 Å². The topological polar surface area (TPSA) is 108 Å². The van der Waals surface area contributed by atoms with E-state index in [1.165, 1.54) is 17.9 Å². The van der Waals surface area contributed by atoms with Gasteiger partial charge in [0, 0.05) is 36.8 Å². The van der Waals surface area contributed by atoms with Crippen LogP contribution in [0.5, 0.6) is 0 Å². The first-order valence-electron chi connectivity index (χ1n) is 12.1. The first-order valence-corrected chi connectivity index (χ1v) is 12.1. The zero-order valence-electron chi connectivity index (χ0n) is 21.3. The van der Waals surface area contributed by atoms with E-state index in [1.54, 1.807) is 0 Å². The minimum atomic E-state index is -4.81. The number of unbranched alkanes of at least 4 members (excludes halogenated alkanes) is 1. The third-order valence-corrected chi connectivity index (χ3v) is 6.97. The smallest absolute Gasteiger partial charge is 0.417 e. The molecule has 0 bridgehead atoms. The zero-order valence-corrected chi connectivity index (χ0v) is 21.3. The second-order valence-corrected chi connectivity index (χ2v) is 10.5. The van der Waals surface area contributed by atoms with Gasteiger partial charge in [0.1, 0.15) is 6.09 Å².